The summed E-state index contributed by atoms with van der Waals surface area (Å²) < 4.78 is 4.90. The standard InChI is InChI=1S/C12H10ClN5O/c1-19-12-17-10(13)16-11(18-12)15-9-4-2-8(3-5-9)6-7-14/h2-5H,6H2,1H3,(H,15,16,17,18). The number of methoxy groups -OCH3 is 1. The van der Waals surface area contributed by atoms with Gasteiger partial charge in [0.2, 0.25) is 11.2 Å². The van der Waals surface area contributed by atoms with Crippen molar-refractivity contribution in [2.75, 3.05) is 12.4 Å². The maximum atomic E-state index is 8.59. The number of nitrogens with zero attached hydrogens (tertiary/aromatic N) is 4. The van der Waals surface area contributed by atoms with E-state index in [-0.39, 0.29) is 11.3 Å². The lowest BCUT2D eigenvalue weighted by Gasteiger charge is -2.06. The van der Waals surface area contributed by atoms with E-state index >= 15 is 0 Å². The molecule has 0 aliphatic heterocycles. The van der Waals surface area contributed by atoms with E-state index < -0.39 is 0 Å². The van der Waals surface area contributed by atoms with E-state index in [1.807, 2.05) is 24.3 Å². The molecule has 96 valence electrons. The lowest BCUT2D eigenvalue weighted by Crippen LogP contribution is -2.01. The Morgan fingerprint density at radius 1 is 1.26 bits per heavy atom. The molecule has 0 bridgehead atoms. The van der Waals surface area contributed by atoms with Gasteiger partial charge in [-0.25, -0.2) is 0 Å². The van der Waals surface area contributed by atoms with Gasteiger partial charge in [0.1, 0.15) is 0 Å². The van der Waals surface area contributed by atoms with Crippen molar-refractivity contribution in [2.45, 2.75) is 6.42 Å². The van der Waals surface area contributed by atoms with Crippen molar-refractivity contribution in [1.82, 2.24) is 15.0 Å². The topological polar surface area (TPSA) is 83.7 Å². The van der Waals surface area contributed by atoms with Gasteiger partial charge < -0.3 is 10.1 Å². The Hall–Kier alpha value is -2.39. The number of nitriles is 1. The van der Waals surface area contributed by atoms with Crippen molar-refractivity contribution >= 4 is 23.2 Å². The number of benzene rings is 1. The van der Waals surface area contributed by atoms with E-state index in [2.05, 4.69) is 26.3 Å². The van der Waals surface area contributed by atoms with Crippen molar-refractivity contribution in [3.63, 3.8) is 0 Å². The van der Waals surface area contributed by atoms with Crippen LogP contribution >= 0.6 is 11.6 Å². The molecule has 0 unspecified atom stereocenters. The molecule has 6 nitrogen and oxygen atoms in total. The highest BCUT2D eigenvalue weighted by atomic mass is 35.5. The van der Waals surface area contributed by atoms with Gasteiger partial charge in [-0.3, -0.25) is 0 Å². The number of ether oxygens (including phenoxy) is 1. The lowest BCUT2D eigenvalue weighted by molar-refractivity contribution is 0.379. The minimum atomic E-state index is 0.0513. The highest BCUT2D eigenvalue weighted by Crippen LogP contribution is 2.17. The minimum absolute atomic E-state index is 0.0513. The summed E-state index contributed by atoms with van der Waals surface area (Å²) >= 11 is 5.74. The second-order valence-corrected chi connectivity index (χ2v) is 3.91. The van der Waals surface area contributed by atoms with E-state index in [0.717, 1.165) is 11.3 Å². The number of anilines is 2. The fourth-order valence-corrected chi connectivity index (χ4v) is 1.56. The van der Waals surface area contributed by atoms with Gasteiger partial charge in [0.05, 0.1) is 19.6 Å². The maximum Gasteiger partial charge on any atom is 0.322 e. The second kappa shape index (κ2) is 5.98. The molecule has 1 aromatic carbocycles. The Balaban J connectivity index is 2.16. The summed E-state index contributed by atoms with van der Waals surface area (Å²) in [6.07, 6.45) is 0.381. The molecule has 0 aliphatic rings. The predicted octanol–water partition coefficient (Wildman–Crippen LogP) is 2.34. The van der Waals surface area contributed by atoms with Crippen LogP contribution in [-0.2, 0) is 6.42 Å². The van der Waals surface area contributed by atoms with Crippen LogP contribution in [0.4, 0.5) is 11.6 Å². The first-order chi connectivity index (χ1) is 9.21. The molecule has 2 rings (SSSR count). The third kappa shape index (κ3) is 3.53. The van der Waals surface area contributed by atoms with Crippen LogP contribution in [0.2, 0.25) is 5.28 Å². The third-order valence-electron chi connectivity index (χ3n) is 2.26. The van der Waals surface area contributed by atoms with E-state index in [1.165, 1.54) is 7.11 Å². The Labute approximate surface area is 115 Å². The summed E-state index contributed by atoms with van der Waals surface area (Å²) in [6.45, 7) is 0. The Bertz CT molecular complexity index is 609. The second-order valence-electron chi connectivity index (χ2n) is 3.57. The molecule has 0 saturated carbocycles. The summed E-state index contributed by atoms with van der Waals surface area (Å²) in [5, 5.41) is 11.6. The molecule has 0 fully saturated rings. The first-order valence-electron chi connectivity index (χ1n) is 5.40. The number of halogens is 1. The Morgan fingerprint density at radius 2 is 2.00 bits per heavy atom. The zero-order valence-electron chi connectivity index (χ0n) is 10.1. The van der Waals surface area contributed by atoms with Gasteiger partial charge in [0.15, 0.2) is 0 Å². The molecule has 19 heavy (non-hydrogen) atoms. The summed E-state index contributed by atoms with van der Waals surface area (Å²) in [6, 6.07) is 9.60. The molecular formula is C12H10ClN5O. The normalized spacial score (nSPS) is 9.74. The van der Waals surface area contributed by atoms with E-state index in [1.54, 1.807) is 0 Å². The van der Waals surface area contributed by atoms with Crippen molar-refractivity contribution in [1.29, 1.82) is 5.26 Å². The van der Waals surface area contributed by atoms with Crippen LogP contribution < -0.4 is 10.1 Å². The SMILES string of the molecule is COc1nc(Cl)nc(Nc2ccc(CC#N)cc2)n1. The van der Waals surface area contributed by atoms with Crippen LogP contribution in [0.1, 0.15) is 5.56 Å². The van der Waals surface area contributed by atoms with E-state index in [9.17, 15) is 0 Å². The molecule has 2 aromatic rings. The molecule has 1 N–H and O–H groups in total. The summed E-state index contributed by atoms with van der Waals surface area (Å²) in [5.74, 6) is 0.296. The summed E-state index contributed by atoms with van der Waals surface area (Å²) in [7, 11) is 1.45. The van der Waals surface area contributed by atoms with Crippen LogP contribution in [0.3, 0.4) is 0 Å². The van der Waals surface area contributed by atoms with Crippen LogP contribution in [0.15, 0.2) is 24.3 Å². The van der Waals surface area contributed by atoms with Gasteiger partial charge in [-0.2, -0.15) is 20.2 Å². The first kappa shape index (κ1) is 13.1. The van der Waals surface area contributed by atoms with Crippen molar-refractivity contribution in [3.8, 4) is 12.1 Å². The Kier molecular flexibility index (Phi) is 4.11. The van der Waals surface area contributed by atoms with Gasteiger partial charge in [-0.1, -0.05) is 12.1 Å². The van der Waals surface area contributed by atoms with Crippen LogP contribution in [0.25, 0.3) is 0 Å². The largest absolute Gasteiger partial charge is 0.467 e. The van der Waals surface area contributed by atoms with Gasteiger partial charge in [0.25, 0.3) is 0 Å². The molecule has 0 saturated heterocycles. The molecular weight excluding hydrogens is 266 g/mol. The molecule has 0 amide bonds. The fourth-order valence-electron chi connectivity index (χ4n) is 1.41. The van der Waals surface area contributed by atoms with E-state index in [4.69, 9.17) is 21.6 Å². The highest BCUT2D eigenvalue weighted by molar-refractivity contribution is 6.28. The van der Waals surface area contributed by atoms with Crippen LogP contribution in [0, 0.1) is 11.3 Å². The number of hydrogen-bond donors (Lipinski definition) is 1. The average molecular weight is 276 g/mol. The fraction of sp³-hybridized carbons (Fsp3) is 0.167. The first-order valence-corrected chi connectivity index (χ1v) is 5.77. The average Bonchev–Trinajstić information content (AvgIpc) is 2.40. The lowest BCUT2D eigenvalue weighted by atomic mass is 10.1. The highest BCUT2D eigenvalue weighted by Gasteiger charge is 2.05. The van der Waals surface area contributed by atoms with Crippen molar-refractivity contribution < 1.29 is 4.74 Å². The van der Waals surface area contributed by atoms with Gasteiger partial charge in [0, 0.05) is 5.69 Å². The van der Waals surface area contributed by atoms with E-state index in [0.29, 0.717) is 12.4 Å². The molecule has 0 aliphatic carbocycles. The minimum Gasteiger partial charge on any atom is -0.467 e. The molecule has 0 spiro atoms. The monoisotopic (exact) mass is 275 g/mol. The zero-order chi connectivity index (χ0) is 13.7. The molecule has 7 heteroatoms. The molecule has 1 aromatic heterocycles. The van der Waals surface area contributed by atoms with Crippen molar-refractivity contribution in [2.24, 2.45) is 0 Å². The van der Waals surface area contributed by atoms with Crippen LogP contribution in [-0.4, -0.2) is 22.1 Å². The number of aromatic nitrogens is 3. The van der Waals surface area contributed by atoms with Gasteiger partial charge in [-0.15, -0.1) is 0 Å². The zero-order valence-corrected chi connectivity index (χ0v) is 10.8. The summed E-state index contributed by atoms with van der Waals surface area (Å²) in [5.41, 5.74) is 1.73. The molecule has 1 heterocycles. The number of hydrogen-bond acceptors (Lipinski definition) is 6. The smallest absolute Gasteiger partial charge is 0.322 e. The third-order valence-corrected chi connectivity index (χ3v) is 2.43. The number of rotatable bonds is 4. The van der Waals surface area contributed by atoms with Crippen molar-refractivity contribution in [3.05, 3.63) is 35.1 Å². The quantitative estimate of drug-likeness (QED) is 0.922. The van der Waals surface area contributed by atoms with Gasteiger partial charge >= 0.3 is 6.01 Å². The van der Waals surface area contributed by atoms with Gasteiger partial charge in [-0.05, 0) is 29.3 Å². The predicted molar refractivity (Wildman–Crippen MR) is 70.4 cm³/mol. The maximum absolute atomic E-state index is 8.59. The van der Waals surface area contributed by atoms with Crippen LogP contribution in [0.5, 0.6) is 6.01 Å². The molecule has 0 radical (unpaired) electrons. The Morgan fingerprint density at radius 3 is 2.63 bits per heavy atom. The summed E-state index contributed by atoms with van der Waals surface area (Å²) in [4.78, 5) is 11.7. The number of nitrogens with one attached hydrogen (secondary N) is 1. The molecule has 0 atom stereocenters.